The maximum atomic E-state index is 8.71. The van der Waals surface area contributed by atoms with Gasteiger partial charge in [-0.25, -0.2) is 9.97 Å². The summed E-state index contributed by atoms with van der Waals surface area (Å²) >= 11 is 3.28. The molecule has 0 spiro atoms. The number of thioether (sulfide) groups is 1. The first-order chi connectivity index (χ1) is 10.3. The fraction of sp³-hybridized carbons (Fsp3) is 0.188. The molecule has 0 aliphatic carbocycles. The minimum Gasteiger partial charge on any atom is -0.226 e. The van der Waals surface area contributed by atoms with Crippen LogP contribution in [0.2, 0.25) is 0 Å². The monoisotopic (exact) mass is 311 g/mol. The lowest BCUT2D eigenvalue weighted by molar-refractivity contribution is 1.01. The van der Waals surface area contributed by atoms with Crippen molar-refractivity contribution in [2.75, 3.05) is 5.75 Å². The molecule has 0 saturated carbocycles. The summed E-state index contributed by atoms with van der Waals surface area (Å²) in [6.45, 7) is 1.91. The van der Waals surface area contributed by atoms with Gasteiger partial charge >= 0.3 is 0 Å². The van der Waals surface area contributed by atoms with E-state index < -0.39 is 0 Å². The van der Waals surface area contributed by atoms with Gasteiger partial charge in [0.15, 0.2) is 0 Å². The van der Waals surface area contributed by atoms with Crippen LogP contribution in [0.5, 0.6) is 0 Å². The SMILES string of the molecule is Cc1nc(SCCC#N)c2c(-c3ccccc3)csc2n1. The summed E-state index contributed by atoms with van der Waals surface area (Å²) in [5.41, 5.74) is 2.35. The number of nitrogens with zero attached hydrogens (tertiary/aromatic N) is 3. The van der Waals surface area contributed by atoms with Gasteiger partial charge in [-0.2, -0.15) is 5.26 Å². The molecule has 0 aliphatic heterocycles. The van der Waals surface area contributed by atoms with E-state index in [0.717, 1.165) is 26.8 Å². The Bertz CT molecular complexity index is 803. The van der Waals surface area contributed by atoms with E-state index in [-0.39, 0.29) is 0 Å². The van der Waals surface area contributed by atoms with Crippen molar-refractivity contribution in [3.05, 3.63) is 41.5 Å². The van der Waals surface area contributed by atoms with Gasteiger partial charge in [0.2, 0.25) is 0 Å². The highest BCUT2D eigenvalue weighted by Crippen LogP contribution is 2.38. The average Bonchev–Trinajstić information content (AvgIpc) is 2.92. The average molecular weight is 311 g/mol. The highest BCUT2D eigenvalue weighted by atomic mass is 32.2. The van der Waals surface area contributed by atoms with E-state index in [4.69, 9.17) is 5.26 Å². The second-order valence-corrected chi connectivity index (χ2v) is 6.47. The number of thiophene rings is 1. The van der Waals surface area contributed by atoms with Gasteiger partial charge in [-0.15, -0.1) is 23.1 Å². The maximum absolute atomic E-state index is 8.71. The lowest BCUT2D eigenvalue weighted by atomic mass is 10.1. The van der Waals surface area contributed by atoms with Crippen LogP contribution in [0.25, 0.3) is 21.3 Å². The Morgan fingerprint density at radius 1 is 1.24 bits per heavy atom. The molecule has 0 N–H and O–H groups in total. The second kappa shape index (κ2) is 6.25. The summed E-state index contributed by atoms with van der Waals surface area (Å²) < 4.78 is 0. The van der Waals surface area contributed by atoms with Gasteiger partial charge in [0.05, 0.1) is 11.5 Å². The summed E-state index contributed by atoms with van der Waals surface area (Å²) in [6.07, 6.45) is 0.528. The Labute approximate surface area is 131 Å². The number of aromatic nitrogens is 2. The maximum Gasteiger partial charge on any atom is 0.128 e. The molecule has 0 unspecified atom stereocenters. The van der Waals surface area contributed by atoms with E-state index in [9.17, 15) is 0 Å². The molecular weight excluding hydrogens is 298 g/mol. The van der Waals surface area contributed by atoms with Crippen molar-refractivity contribution in [2.45, 2.75) is 18.4 Å². The Kier molecular flexibility index (Phi) is 4.18. The zero-order valence-electron chi connectivity index (χ0n) is 11.5. The quantitative estimate of drug-likeness (QED) is 0.399. The molecule has 5 heteroatoms. The van der Waals surface area contributed by atoms with Gasteiger partial charge in [-0.05, 0) is 12.5 Å². The van der Waals surface area contributed by atoms with Gasteiger partial charge in [0.1, 0.15) is 15.7 Å². The van der Waals surface area contributed by atoms with E-state index >= 15 is 0 Å². The summed E-state index contributed by atoms with van der Waals surface area (Å²) in [6, 6.07) is 12.5. The van der Waals surface area contributed by atoms with Gasteiger partial charge in [0.25, 0.3) is 0 Å². The molecule has 21 heavy (non-hydrogen) atoms. The van der Waals surface area contributed by atoms with Crippen LogP contribution < -0.4 is 0 Å². The van der Waals surface area contributed by atoms with Crippen molar-refractivity contribution in [1.82, 2.24) is 9.97 Å². The Morgan fingerprint density at radius 3 is 2.81 bits per heavy atom. The van der Waals surface area contributed by atoms with Crippen LogP contribution in [0.1, 0.15) is 12.2 Å². The van der Waals surface area contributed by atoms with Gasteiger partial charge < -0.3 is 0 Å². The van der Waals surface area contributed by atoms with Crippen LogP contribution in [0.15, 0.2) is 40.7 Å². The summed E-state index contributed by atoms with van der Waals surface area (Å²) in [5.74, 6) is 1.54. The van der Waals surface area contributed by atoms with Gasteiger partial charge in [-0.1, -0.05) is 30.3 Å². The Hall–Kier alpha value is -1.90. The number of hydrogen-bond acceptors (Lipinski definition) is 5. The summed E-state index contributed by atoms with van der Waals surface area (Å²) in [5, 5.41) is 12.9. The highest BCUT2D eigenvalue weighted by molar-refractivity contribution is 7.99. The van der Waals surface area contributed by atoms with Crippen LogP contribution in [0.4, 0.5) is 0 Å². The Morgan fingerprint density at radius 2 is 2.05 bits per heavy atom. The second-order valence-electron chi connectivity index (χ2n) is 4.53. The topological polar surface area (TPSA) is 49.6 Å². The first-order valence-corrected chi connectivity index (χ1v) is 8.47. The molecule has 0 radical (unpaired) electrons. The molecule has 3 aromatic rings. The fourth-order valence-electron chi connectivity index (χ4n) is 2.14. The van der Waals surface area contributed by atoms with Crippen molar-refractivity contribution in [3.8, 4) is 17.2 Å². The number of fused-ring (bicyclic) bond motifs is 1. The number of nitriles is 1. The van der Waals surface area contributed by atoms with E-state index in [1.165, 1.54) is 11.1 Å². The van der Waals surface area contributed by atoms with Crippen molar-refractivity contribution in [1.29, 1.82) is 5.26 Å². The van der Waals surface area contributed by atoms with E-state index in [1.54, 1.807) is 23.1 Å². The standard InChI is InChI=1S/C16H13N3S2/c1-11-18-15(20-9-5-8-17)14-13(10-21-16(14)19-11)12-6-3-2-4-7-12/h2-4,6-7,10H,5,9H2,1H3. The minimum atomic E-state index is 0.528. The molecule has 0 atom stereocenters. The highest BCUT2D eigenvalue weighted by Gasteiger charge is 2.14. The third kappa shape index (κ3) is 2.92. The van der Waals surface area contributed by atoms with Crippen LogP contribution in [-0.4, -0.2) is 15.7 Å². The summed E-state index contributed by atoms with van der Waals surface area (Å²) in [4.78, 5) is 10.1. The van der Waals surface area contributed by atoms with Crippen LogP contribution in [-0.2, 0) is 0 Å². The van der Waals surface area contributed by atoms with Crippen LogP contribution in [0, 0.1) is 18.3 Å². The summed E-state index contributed by atoms with van der Waals surface area (Å²) in [7, 11) is 0. The predicted octanol–water partition coefficient (Wildman–Crippen LogP) is 4.67. The third-order valence-corrected chi connectivity index (χ3v) is 4.90. The molecule has 2 heterocycles. The molecule has 3 rings (SSSR count). The predicted molar refractivity (Wildman–Crippen MR) is 88.5 cm³/mol. The van der Waals surface area contributed by atoms with E-state index in [2.05, 4.69) is 33.5 Å². The molecule has 0 fully saturated rings. The van der Waals surface area contributed by atoms with Crippen molar-refractivity contribution >= 4 is 33.3 Å². The molecule has 3 nitrogen and oxygen atoms in total. The number of aryl methyl sites for hydroxylation is 1. The van der Waals surface area contributed by atoms with Crippen LogP contribution >= 0.6 is 23.1 Å². The van der Waals surface area contributed by atoms with Gasteiger partial charge in [0, 0.05) is 23.1 Å². The smallest absolute Gasteiger partial charge is 0.128 e. The normalized spacial score (nSPS) is 10.7. The first-order valence-electron chi connectivity index (χ1n) is 6.60. The van der Waals surface area contributed by atoms with Crippen molar-refractivity contribution < 1.29 is 0 Å². The lowest BCUT2D eigenvalue weighted by Gasteiger charge is -2.05. The molecule has 0 aliphatic rings. The molecular formula is C16H13N3S2. The van der Waals surface area contributed by atoms with Crippen LogP contribution in [0.3, 0.4) is 0 Å². The number of benzene rings is 1. The first kappa shape index (κ1) is 14.1. The zero-order valence-corrected chi connectivity index (χ0v) is 13.2. The molecule has 0 saturated heterocycles. The third-order valence-electron chi connectivity index (χ3n) is 3.05. The zero-order chi connectivity index (χ0) is 14.7. The van der Waals surface area contributed by atoms with E-state index in [1.807, 2.05) is 25.1 Å². The Balaban J connectivity index is 2.12. The number of hydrogen-bond donors (Lipinski definition) is 0. The minimum absolute atomic E-state index is 0.528. The molecule has 2 aromatic heterocycles. The fourth-order valence-corrected chi connectivity index (χ4v) is 4.13. The van der Waals surface area contributed by atoms with Crippen molar-refractivity contribution in [2.24, 2.45) is 0 Å². The molecule has 0 bridgehead atoms. The molecule has 0 amide bonds. The largest absolute Gasteiger partial charge is 0.226 e. The molecule has 1 aromatic carbocycles. The lowest BCUT2D eigenvalue weighted by Crippen LogP contribution is -1.92. The molecule has 104 valence electrons. The van der Waals surface area contributed by atoms with E-state index in [0.29, 0.717) is 6.42 Å². The number of rotatable bonds is 4. The van der Waals surface area contributed by atoms with Crippen molar-refractivity contribution in [3.63, 3.8) is 0 Å². The van der Waals surface area contributed by atoms with Gasteiger partial charge in [-0.3, -0.25) is 0 Å².